The summed E-state index contributed by atoms with van der Waals surface area (Å²) in [5.74, 6) is -0.826. The molecule has 0 aromatic heterocycles. The zero-order valence-corrected chi connectivity index (χ0v) is 9.74. The lowest BCUT2D eigenvalue weighted by Gasteiger charge is -2.25. The maximum absolute atomic E-state index is 13.6. The van der Waals surface area contributed by atoms with E-state index in [-0.39, 0.29) is 11.5 Å². The summed E-state index contributed by atoms with van der Waals surface area (Å²) in [6.07, 6.45) is 2.85. The second-order valence-corrected chi connectivity index (χ2v) is 4.29. The Hall–Kier alpha value is -1.84. The third kappa shape index (κ3) is 2.46. The smallest absolute Gasteiger partial charge is 0.257 e. The van der Waals surface area contributed by atoms with Crippen molar-refractivity contribution < 1.29 is 9.18 Å². The standard InChI is InChI=1S/C13H15FN2O/c1-9-4-6-16(7-5-9)13(17)11-3-2-10(15)8-12(11)14/h2-4,8H,5-7,15H2,1H3. The molecule has 1 amide bonds. The van der Waals surface area contributed by atoms with E-state index in [2.05, 4.69) is 0 Å². The fourth-order valence-electron chi connectivity index (χ4n) is 1.83. The topological polar surface area (TPSA) is 46.3 Å². The van der Waals surface area contributed by atoms with Crippen molar-refractivity contribution >= 4 is 11.6 Å². The second-order valence-electron chi connectivity index (χ2n) is 4.29. The van der Waals surface area contributed by atoms with Gasteiger partial charge < -0.3 is 10.6 Å². The lowest BCUT2D eigenvalue weighted by atomic mass is 10.1. The van der Waals surface area contributed by atoms with Gasteiger partial charge >= 0.3 is 0 Å². The summed E-state index contributed by atoms with van der Waals surface area (Å²) in [5.41, 5.74) is 7.14. The third-order valence-corrected chi connectivity index (χ3v) is 2.95. The Balaban J connectivity index is 2.20. The number of carbonyl (C=O) groups is 1. The van der Waals surface area contributed by atoms with Gasteiger partial charge in [-0.25, -0.2) is 4.39 Å². The van der Waals surface area contributed by atoms with Crippen LogP contribution < -0.4 is 5.73 Å². The second kappa shape index (κ2) is 4.57. The van der Waals surface area contributed by atoms with Crippen LogP contribution in [-0.4, -0.2) is 23.9 Å². The van der Waals surface area contributed by atoms with Gasteiger partial charge in [0.15, 0.2) is 0 Å². The molecular formula is C13H15FN2O. The molecule has 0 fully saturated rings. The summed E-state index contributed by atoms with van der Waals surface area (Å²) in [6, 6.07) is 4.16. The van der Waals surface area contributed by atoms with Gasteiger partial charge in [0.1, 0.15) is 5.82 Å². The Morgan fingerprint density at radius 1 is 1.47 bits per heavy atom. The number of benzene rings is 1. The highest BCUT2D eigenvalue weighted by Crippen LogP contribution is 2.17. The van der Waals surface area contributed by atoms with E-state index < -0.39 is 5.82 Å². The van der Waals surface area contributed by atoms with Gasteiger partial charge in [-0.1, -0.05) is 11.6 Å². The molecule has 0 saturated heterocycles. The van der Waals surface area contributed by atoms with Crippen molar-refractivity contribution in [1.82, 2.24) is 4.90 Å². The Morgan fingerprint density at radius 2 is 2.24 bits per heavy atom. The van der Waals surface area contributed by atoms with Crippen molar-refractivity contribution in [3.8, 4) is 0 Å². The van der Waals surface area contributed by atoms with Gasteiger partial charge in [0.2, 0.25) is 0 Å². The minimum atomic E-state index is -0.554. The molecule has 90 valence electrons. The third-order valence-electron chi connectivity index (χ3n) is 2.95. The van der Waals surface area contributed by atoms with Gasteiger partial charge in [-0.15, -0.1) is 0 Å². The molecule has 1 aromatic rings. The lowest BCUT2D eigenvalue weighted by Crippen LogP contribution is -2.35. The molecule has 0 bridgehead atoms. The molecule has 1 aromatic carbocycles. The Bertz CT molecular complexity index is 482. The molecule has 0 atom stereocenters. The first-order valence-corrected chi connectivity index (χ1v) is 5.58. The summed E-state index contributed by atoms with van der Waals surface area (Å²) in [7, 11) is 0. The van der Waals surface area contributed by atoms with Crippen LogP contribution in [0.5, 0.6) is 0 Å². The molecule has 17 heavy (non-hydrogen) atoms. The molecule has 3 nitrogen and oxygen atoms in total. The van der Waals surface area contributed by atoms with Crippen LogP contribution >= 0.6 is 0 Å². The van der Waals surface area contributed by atoms with Gasteiger partial charge in [-0.3, -0.25) is 4.79 Å². The van der Waals surface area contributed by atoms with Crippen LogP contribution in [0.3, 0.4) is 0 Å². The van der Waals surface area contributed by atoms with Crippen LogP contribution in [0.1, 0.15) is 23.7 Å². The zero-order chi connectivity index (χ0) is 12.4. The average Bonchev–Trinajstić information content (AvgIpc) is 2.29. The Labute approximate surface area is 99.7 Å². The van der Waals surface area contributed by atoms with E-state index in [4.69, 9.17) is 5.73 Å². The summed E-state index contributed by atoms with van der Waals surface area (Å²) in [6.45, 7) is 3.23. The first kappa shape index (κ1) is 11.6. The van der Waals surface area contributed by atoms with Crippen molar-refractivity contribution in [2.24, 2.45) is 0 Å². The minimum Gasteiger partial charge on any atom is -0.399 e. The minimum absolute atomic E-state index is 0.0900. The van der Waals surface area contributed by atoms with Crippen LogP contribution in [0.25, 0.3) is 0 Å². The van der Waals surface area contributed by atoms with E-state index in [1.165, 1.54) is 17.7 Å². The first-order chi connectivity index (χ1) is 8.08. The lowest BCUT2D eigenvalue weighted by molar-refractivity contribution is 0.0764. The molecule has 4 heteroatoms. The molecule has 2 N–H and O–H groups in total. The maximum Gasteiger partial charge on any atom is 0.257 e. The van der Waals surface area contributed by atoms with Crippen molar-refractivity contribution in [2.45, 2.75) is 13.3 Å². The first-order valence-electron chi connectivity index (χ1n) is 5.58. The predicted molar refractivity (Wildman–Crippen MR) is 65.1 cm³/mol. The summed E-state index contributed by atoms with van der Waals surface area (Å²) in [5, 5.41) is 0. The van der Waals surface area contributed by atoms with E-state index >= 15 is 0 Å². The molecule has 0 aliphatic carbocycles. The predicted octanol–water partition coefficient (Wildman–Crippen LogP) is 2.20. The van der Waals surface area contributed by atoms with Gasteiger partial charge in [-0.2, -0.15) is 0 Å². The number of nitrogen functional groups attached to an aromatic ring is 1. The summed E-state index contributed by atoms with van der Waals surface area (Å²) < 4.78 is 13.6. The number of nitrogens with two attached hydrogens (primary N) is 1. The number of nitrogens with zero attached hydrogens (tertiary/aromatic N) is 1. The van der Waals surface area contributed by atoms with Gasteiger partial charge in [0.05, 0.1) is 5.56 Å². The average molecular weight is 234 g/mol. The Kier molecular flexibility index (Phi) is 3.13. The van der Waals surface area contributed by atoms with Gasteiger partial charge in [-0.05, 0) is 31.5 Å². The largest absolute Gasteiger partial charge is 0.399 e. The van der Waals surface area contributed by atoms with E-state index in [9.17, 15) is 9.18 Å². The normalized spacial score (nSPS) is 15.6. The number of halogens is 1. The van der Waals surface area contributed by atoms with Crippen molar-refractivity contribution in [1.29, 1.82) is 0 Å². The monoisotopic (exact) mass is 234 g/mol. The van der Waals surface area contributed by atoms with Crippen LogP contribution in [0.15, 0.2) is 29.8 Å². The van der Waals surface area contributed by atoms with E-state index in [0.29, 0.717) is 18.8 Å². The fourth-order valence-corrected chi connectivity index (χ4v) is 1.83. The number of anilines is 1. The van der Waals surface area contributed by atoms with E-state index in [0.717, 1.165) is 6.42 Å². The number of hydrogen-bond acceptors (Lipinski definition) is 2. The molecule has 1 heterocycles. The van der Waals surface area contributed by atoms with Gasteiger partial charge in [0, 0.05) is 18.8 Å². The molecule has 0 unspecified atom stereocenters. The van der Waals surface area contributed by atoms with Crippen LogP contribution in [0.2, 0.25) is 0 Å². The maximum atomic E-state index is 13.6. The van der Waals surface area contributed by atoms with Gasteiger partial charge in [0.25, 0.3) is 5.91 Å². The van der Waals surface area contributed by atoms with Crippen molar-refractivity contribution in [3.63, 3.8) is 0 Å². The molecule has 2 rings (SSSR count). The highest BCUT2D eigenvalue weighted by atomic mass is 19.1. The van der Waals surface area contributed by atoms with Crippen LogP contribution in [0.4, 0.5) is 10.1 Å². The molecule has 0 spiro atoms. The Morgan fingerprint density at radius 3 is 2.82 bits per heavy atom. The summed E-state index contributed by atoms with van der Waals surface area (Å²) >= 11 is 0. The highest BCUT2D eigenvalue weighted by Gasteiger charge is 2.20. The van der Waals surface area contributed by atoms with E-state index in [1.807, 2.05) is 13.0 Å². The number of carbonyl (C=O) groups excluding carboxylic acids is 1. The molecule has 1 aliphatic heterocycles. The highest BCUT2D eigenvalue weighted by molar-refractivity contribution is 5.95. The zero-order valence-electron chi connectivity index (χ0n) is 9.74. The van der Waals surface area contributed by atoms with Crippen LogP contribution in [0, 0.1) is 5.82 Å². The number of rotatable bonds is 1. The van der Waals surface area contributed by atoms with Crippen molar-refractivity contribution in [3.05, 3.63) is 41.2 Å². The van der Waals surface area contributed by atoms with Crippen LogP contribution in [-0.2, 0) is 0 Å². The number of hydrogen-bond donors (Lipinski definition) is 1. The summed E-state index contributed by atoms with van der Waals surface area (Å²) in [4.78, 5) is 13.7. The molecular weight excluding hydrogens is 219 g/mol. The quantitative estimate of drug-likeness (QED) is 0.598. The molecule has 0 saturated carbocycles. The molecule has 0 radical (unpaired) electrons. The van der Waals surface area contributed by atoms with Crippen molar-refractivity contribution in [2.75, 3.05) is 18.8 Å². The fraction of sp³-hybridized carbons (Fsp3) is 0.308. The SMILES string of the molecule is CC1=CCN(C(=O)c2ccc(N)cc2F)CC1. The van der Waals surface area contributed by atoms with E-state index in [1.54, 1.807) is 11.0 Å². The molecule has 1 aliphatic rings. The number of amides is 1.